The lowest BCUT2D eigenvalue weighted by Gasteiger charge is -2.22. The second-order valence-electron chi connectivity index (χ2n) is 7.36. The molecule has 0 saturated carbocycles. The Balaban J connectivity index is 2.26. The van der Waals surface area contributed by atoms with Crippen LogP contribution in [-0.4, -0.2) is 51.2 Å². The Labute approximate surface area is 172 Å². The molecule has 0 spiro atoms. The fourth-order valence-corrected chi connectivity index (χ4v) is 3.51. The van der Waals surface area contributed by atoms with E-state index in [1.165, 1.54) is 7.11 Å². The summed E-state index contributed by atoms with van der Waals surface area (Å²) in [4.78, 5) is 29.2. The van der Waals surface area contributed by atoms with Crippen LogP contribution in [0.2, 0.25) is 0 Å². The third kappa shape index (κ3) is 4.45. The number of esters is 1. The standard InChI is InChI=1S/C22H30N2O5/c1-12-9-17(27-6)18(28-7)10-16(12)11-24(5)15(4)21(25)20-13(2)19(14(3)23-20)22(26)29-8/h9-10,15,23H,11H2,1-8H3/p+1/t15-/m0/s1. The topological polar surface area (TPSA) is 82.1 Å². The van der Waals surface area contributed by atoms with Gasteiger partial charge in [-0.05, 0) is 51.0 Å². The Morgan fingerprint density at radius 3 is 2.21 bits per heavy atom. The third-order valence-electron chi connectivity index (χ3n) is 5.52. The van der Waals surface area contributed by atoms with Crippen molar-refractivity contribution in [3.8, 4) is 11.5 Å². The fraction of sp³-hybridized carbons (Fsp3) is 0.455. The smallest absolute Gasteiger partial charge is 0.339 e. The van der Waals surface area contributed by atoms with Crippen molar-refractivity contribution >= 4 is 11.8 Å². The van der Waals surface area contributed by atoms with E-state index in [-0.39, 0.29) is 11.8 Å². The van der Waals surface area contributed by atoms with Gasteiger partial charge >= 0.3 is 5.97 Å². The van der Waals surface area contributed by atoms with Crippen LogP contribution in [0.1, 0.15) is 50.2 Å². The molecule has 158 valence electrons. The van der Waals surface area contributed by atoms with E-state index in [0.717, 1.165) is 16.0 Å². The molecule has 2 N–H and O–H groups in total. The number of quaternary nitrogens is 1. The van der Waals surface area contributed by atoms with Gasteiger partial charge in [-0.1, -0.05) is 0 Å². The van der Waals surface area contributed by atoms with Crippen LogP contribution in [0.25, 0.3) is 0 Å². The number of methoxy groups -OCH3 is 3. The molecule has 2 aromatic rings. The molecule has 0 saturated heterocycles. The summed E-state index contributed by atoms with van der Waals surface area (Å²) in [6.45, 7) is 8.08. The number of carbonyl (C=O) groups is 2. The van der Waals surface area contributed by atoms with Gasteiger partial charge in [0, 0.05) is 11.3 Å². The van der Waals surface area contributed by atoms with Crippen molar-refractivity contribution in [1.29, 1.82) is 0 Å². The lowest BCUT2D eigenvalue weighted by molar-refractivity contribution is -0.907. The lowest BCUT2D eigenvalue weighted by Crippen LogP contribution is -3.12. The number of rotatable bonds is 8. The summed E-state index contributed by atoms with van der Waals surface area (Å²) in [6.07, 6.45) is 0. The van der Waals surface area contributed by atoms with Crippen molar-refractivity contribution in [2.24, 2.45) is 0 Å². The van der Waals surface area contributed by atoms with E-state index < -0.39 is 5.97 Å². The van der Waals surface area contributed by atoms with Gasteiger partial charge in [-0.25, -0.2) is 4.79 Å². The molecule has 7 heteroatoms. The van der Waals surface area contributed by atoms with Crippen molar-refractivity contribution < 1.29 is 28.7 Å². The molecule has 0 amide bonds. The zero-order chi connectivity index (χ0) is 21.9. The number of likely N-dealkylation sites (N-methyl/N-ethyl adjacent to an activating group) is 1. The van der Waals surface area contributed by atoms with Crippen LogP contribution in [-0.2, 0) is 11.3 Å². The second-order valence-corrected chi connectivity index (χ2v) is 7.36. The van der Waals surface area contributed by atoms with Gasteiger partial charge in [0.25, 0.3) is 0 Å². The Bertz CT molecular complexity index is 916. The van der Waals surface area contributed by atoms with Gasteiger partial charge in [0.2, 0.25) is 5.78 Å². The van der Waals surface area contributed by atoms with Crippen molar-refractivity contribution in [1.82, 2.24) is 4.98 Å². The molecule has 0 aliphatic heterocycles. The number of benzene rings is 1. The van der Waals surface area contributed by atoms with E-state index >= 15 is 0 Å². The van der Waals surface area contributed by atoms with Crippen molar-refractivity contribution in [3.63, 3.8) is 0 Å². The maximum absolute atomic E-state index is 13.1. The highest BCUT2D eigenvalue weighted by molar-refractivity contribution is 6.03. The number of ether oxygens (including phenoxy) is 3. The van der Waals surface area contributed by atoms with Crippen LogP contribution >= 0.6 is 0 Å². The van der Waals surface area contributed by atoms with E-state index in [1.54, 1.807) is 28.1 Å². The number of aromatic amines is 1. The van der Waals surface area contributed by atoms with Crippen LogP contribution < -0.4 is 14.4 Å². The zero-order valence-electron chi connectivity index (χ0n) is 18.5. The first-order chi connectivity index (χ1) is 13.7. The number of hydrogen-bond donors (Lipinski definition) is 2. The number of hydrogen-bond acceptors (Lipinski definition) is 5. The van der Waals surface area contributed by atoms with Gasteiger partial charge in [-0.3, -0.25) is 4.79 Å². The molecule has 1 unspecified atom stereocenters. The summed E-state index contributed by atoms with van der Waals surface area (Å²) in [6, 6.07) is 3.58. The lowest BCUT2D eigenvalue weighted by atomic mass is 10.0. The molecule has 1 aromatic heterocycles. The monoisotopic (exact) mass is 403 g/mol. The number of carbonyl (C=O) groups excluding carboxylic acids is 2. The van der Waals surface area contributed by atoms with Gasteiger partial charge in [-0.15, -0.1) is 0 Å². The third-order valence-corrected chi connectivity index (χ3v) is 5.52. The molecular formula is C22H31N2O5+. The number of aromatic nitrogens is 1. The second kappa shape index (κ2) is 9.13. The highest BCUT2D eigenvalue weighted by atomic mass is 16.5. The zero-order valence-corrected chi connectivity index (χ0v) is 18.5. The number of aryl methyl sites for hydroxylation is 2. The average molecular weight is 403 g/mol. The molecule has 0 aliphatic carbocycles. The first kappa shape index (κ1) is 22.5. The van der Waals surface area contributed by atoms with Crippen LogP contribution in [0.5, 0.6) is 11.5 Å². The average Bonchev–Trinajstić information content (AvgIpc) is 3.01. The molecule has 29 heavy (non-hydrogen) atoms. The van der Waals surface area contributed by atoms with Crippen LogP contribution in [0.3, 0.4) is 0 Å². The minimum atomic E-state index is -0.440. The summed E-state index contributed by atoms with van der Waals surface area (Å²) < 4.78 is 15.6. The Hall–Kier alpha value is -2.80. The maximum Gasteiger partial charge on any atom is 0.339 e. The maximum atomic E-state index is 13.1. The first-order valence-corrected chi connectivity index (χ1v) is 9.51. The van der Waals surface area contributed by atoms with E-state index in [9.17, 15) is 9.59 Å². The summed E-state index contributed by atoms with van der Waals surface area (Å²) in [5, 5.41) is 0. The van der Waals surface area contributed by atoms with E-state index in [1.807, 2.05) is 33.0 Å². The van der Waals surface area contributed by atoms with E-state index in [2.05, 4.69) is 4.98 Å². The normalized spacial score (nSPS) is 13.0. The highest BCUT2D eigenvalue weighted by Crippen LogP contribution is 2.30. The molecule has 7 nitrogen and oxygen atoms in total. The number of ketones is 1. The summed E-state index contributed by atoms with van der Waals surface area (Å²) in [5.74, 6) is 0.864. The molecule has 1 heterocycles. The van der Waals surface area contributed by atoms with Gasteiger partial charge < -0.3 is 24.1 Å². The molecular weight excluding hydrogens is 372 g/mol. The van der Waals surface area contributed by atoms with E-state index in [0.29, 0.717) is 40.6 Å². The van der Waals surface area contributed by atoms with Crippen LogP contribution in [0.15, 0.2) is 12.1 Å². The van der Waals surface area contributed by atoms with Crippen LogP contribution in [0.4, 0.5) is 0 Å². The first-order valence-electron chi connectivity index (χ1n) is 9.51. The number of nitrogens with one attached hydrogen (secondary N) is 2. The minimum absolute atomic E-state index is 0.0450. The van der Waals surface area contributed by atoms with Crippen molar-refractivity contribution in [2.45, 2.75) is 40.3 Å². The molecule has 2 rings (SSSR count). The Kier molecular flexibility index (Phi) is 7.08. The largest absolute Gasteiger partial charge is 0.493 e. The molecule has 0 radical (unpaired) electrons. The Morgan fingerprint density at radius 2 is 1.66 bits per heavy atom. The summed E-state index contributed by atoms with van der Waals surface area (Å²) in [7, 11) is 6.53. The van der Waals surface area contributed by atoms with Crippen molar-refractivity contribution in [2.75, 3.05) is 28.4 Å². The summed E-state index contributed by atoms with van der Waals surface area (Å²) in [5.41, 5.74) is 4.30. The molecule has 2 atom stereocenters. The SMILES string of the molecule is COC(=O)c1c(C)[nH]c(C(=O)[C@H](C)[NH+](C)Cc2cc(OC)c(OC)cc2C)c1C. The number of Topliss-reactive ketones (excluding diaryl/α,β-unsaturated/α-hetero) is 1. The quantitative estimate of drug-likeness (QED) is 0.521. The Morgan fingerprint density at radius 1 is 1.07 bits per heavy atom. The van der Waals surface area contributed by atoms with Gasteiger partial charge in [0.1, 0.15) is 6.54 Å². The van der Waals surface area contributed by atoms with Gasteiger partial charge in [0.15, 0.2) is 17.5 Å². The van der Waals surface area contributed by atoms with Gasteiger partial charge in [-0.2, -0.15) is 0 Å². The van der Waals surface area contributed by atoms with Crippen LogP contribution in [0, 0.1) is 20.8 Å². The van der Waals surface area contributed by atoms with Gasteiger partial charge in [0.05, 0.1) is 39.6 Å². The summed E-state index contributed by atoms with van der Waals surface area (Å²) >= 11 is 0. The molecule has 0 bridgehead atoms. The van der Waals surface area contributed by atoms with Crippen molar-refractivity contribution in [3.05, 3.63) is 45.8 Å². The minimum Gasteiger partial charge on any atom is -0.493 e. The molecule has 1 aromatic carbocycles. The predicted molar refractivity (Wildman–Crippen MR) is 110 cm³/mol. The highest BCUT2D eigenvalue weighted by Gasteiger charge is 2.30. The predicted octanol–water partition coefficient (Wildman–Crippen LogP) is 2.03. The fourth-order valence-electron chi connectivity index (χ4n) is 3.51. The number of H-pyrrole nitrogens is 1. The molecule has 0 aliphatic rings. The molecule has 0 fully saturated rings. The van der Waals surface area contributed by atoms with E-state index in [4.69, 9.17) is 14.2 Å².